The van der Waals surface area contributed by atoms with Crippen LogP contribution in [0.2, 0.25) is 5.02 Å². The Morgan fingerprint density at radius 2 is 1.89 bits per heavy atom. The second-order valence-electron chi connectivity index (χ2n) is 3.25. The maximum absolute atomic E-state index is 13.4. The fraction of sp³-hybridized carbons (Fsp3) is 0.0769. The quantitative estimate of drug-likeness (QED) is 0.554. The summed E-state index contributed by atoms with van der Waals surface area (Å²) in [6, 6.07) is 14.9. The van der Waals surface area contributed by atoms with E-state index in [1.165, 1.54) is 22.4 Å². The summed E-state index contributed by atoms with van der Waals surface area (Å²) in [6.07, 6.45) is 0. The third-order valence-electron chi connectivity index (χ3n) is 2.10. The van der Waals surface area contributed by atoms with Crippen molar-refractivity contribution in [2.75, 3.05) is 0 Å². The fourth-order valence-electron chi connectivity index (χ4n) is 1.27. The number of halogens is 3. The van der Waals surface area contributed by atoms with Gasteiger partial charge in [0.25, 0.3) is 0 Å². The summed E-state index contributed by atoms with van der Waals surface area (Å²) in [5.41, 5.74) is 0.957. The second-order valence-corrected chi connectivity index (χ2v) is 3.66. The van der Waals surface area contributed by atoms with Gasteiger partial charge in [-0.1, -0.05) is 17.7 Å². The Balaban J connectivity index is 0.000000771. The zero-order chi connectivity index (χ0) is 13.4. The second kappa shape index (κ2) is 8.63. The van der Waals surface area contributed by atoms with Gasteiger partial charge in [-0.25, -0.2) is 4.39 Å². The molecule has 0 saturated heterocycles. The Bertz CT molecular complexity index is 482. The van der Waals surface area contributed by atoms with E-state index >= 15 is 0 Å². The SMILES string of the molecule is Fc1c(Cl)cccc1OCc1cc[c-]cc1.[Zn+][Br]. The number of benzene rings is 2. The zero-order valence-corrected chi connectivity index (χ0v) is 14.8. The summed E-state index contributed by atoms with van der Waals surface area (Å²) in [5, 5.41) is 0.0684. The van der Waals surface area contributed by atoms with Gasteiger partial charge >= 0.3 is 30.0 Å². The fourth-order valence-corrected chi connectivity index (χ4v) is 1.44. The number of ether oxygens (including phenoxy) is 1. The van der Waals surface area contributed by atoms with Crippen LogP contribution in [0.3, 0.4) is 0 Å². The molecule has 0 aliphatic carbocycles. The number of rotatable bonds is 3. The van der Waals surface area contributed by atoms with Gasteiger partial charge in [0, 0.05) is 0 Å². The molecule has 0 aliphatic heterocycles. The first kappa shape index (κ1) is 15.6. The molecule has 18 heavy (non-hydrogen) atoms. The average molecular weight is 381 g/mol. The van der Waals surface area contributed by atoms with E-state index in [1.54, 1.807) is 24.3 Å². The Morgan fingerprint density at radius 1 is 1.22 bits per heavy atom. The van der Waals surface area contributed by atoms with Crippen molar-refractivity contribution < 1.29 is 25.5 Å². The van der Waals surface area contributed by atoms with Gasteiger partial charge in [0.15, 0.2) is 11.6 Å². The molecule has 2 rings (SSSR count). The van der Waals surface area contributed by atoms with Crippen LogP contribution in [0, 0.1) is 11.9 Å². The van der Waals surface area contributed by atoms with Crippen LogP contribution < -0.4 is 4.74 Å². The predicted octanol–water partition coefficient (Wildman–Crippen LogP) is 4.70. The van der Waals surface area contributed by atoms with E-state index in [0.29, 0.717) is 6.61 Å². The van der Waals surface area contributed by atoms with Gasteiger partial charge in [-0.3, -0.25) is 0 Å². The molecule has 0 aromatic heterocycles. The van der Waals surface area contributed by atoms with Crippen LogP contribution >= 0.6 is 25.2 Å². The molecule has 0 amide bonds. The molecule has 1 nitrogen and oxygen atoms in total. The third-order valence-corrected chi connectivity index (χ3v) is 2.39. The number of hydrogen-bond donors (Lipinski definition) is 0. The molecule has 90 valence electrons. The summed E-state index contributed by atoms with van der Waals surface area (Å²) in [4.78, 5) is 0. The van der Waals surface area contributed by atoms with Crippen molar-refractivity contribution in [1.29, 1.82) is 0 Å². The van der Waals surface area contributed by atoms with Crippen molar-refractivity contribution >= 4 is 25.2 Å². The molecule has 5 heteroatoms. The molecule has 0 aliphatic rings. The Kier molecular flexibility index (Phi) is 7.49. The van der Waals surface area contributed by atoms with Gasteiger partial charge in [-0.2, -0.15) is 30.3 Å². The van der Waals surface area contributed by atoms with Gasteiger partial charge in [-0.05, 0) is 12.1 Å². The summed E-state index contributed by atoms with van der Waals surface area (Å²) >= 11 is 9.89. The van der Waals surface area contributed by atoms with Crippen LogP contribution in [-0.2, 0) is 22.9 Å². The van der Waals surface area contributed by atoms with Crippen LogP contribution in [-0.4, -0.2) is 0 Å². The topological polar surface area (TPSA) is 9.23 Å². The van der Waals surface area contributed by atoms with Gasteiger partial charge in [-0.15, -0.1) is 5.56 Å². The average Bonchev–Trinajstić information content (AvgIpc) is 2.44. The van der Waals surface area contributed by atoms with E-state index < -0.39 is 5.82 Å². The van der Waals surface area contributed by atoms with E-state index in [4.69, 9.17) is 16.3 Å². The van der Waals surface area contributed by atoms with Gasteiger partial charge < -0.3 is 4.74 Å². The van der Waals surface area contributed by atoms with Crippen molar-refractivity contribution in [3.8, 4) is 5.75 Å². The number of hydrogen-bond acceptors (Lipinski definition) is 1. The van der Waals surface area contributed by atoms with Crippen LogP contribution in [0.5, 0.6) is 5.75 Å². The van der Waals surface area contributed by atoms with Crippen LogP contribution in [0.15, 0.2) is 42.5 Å². The van der Waals surface area contributed by atoms with E-state index in [0.717, 1.165) is 5.56 Å². The molecule has 2 aromatic carbocycles. The summed E-state index contributed by atoms with van der Waals surface area (Å²) < 4.78 is 18.8. The summed E-state index contributed by atoms with van der Waals surface area (Å²) in [5.74, 6) is -0.355. The molecule has 0 saturated carbocycles. The first-order valence-electron chi connectivity index (χ1n) is 5.06. The molecule has 0 heterocycles. The molecule has 0 radical (unpaired) electrons. The molecular formula is C13H9BrClFOZn. The van der Waals surface area contributed by atoms with Crippen molar-refractivity contribution in [2.45, 2.75) is 6.61 Å². The van der Waals surface area contributed by atoms with Crippen molar-refractivity contribution in [1.82, 2.24) is 0 Å². The summed E-state index contributed by atoms with van der Waals surface area (Å²) in [6.45, 7) is 0.311. The van der Waals surface area contributed by atoms with Crippen molar-refractivity contribution in [3.05, 3.63) is 64.9 Å². The third kappa shape index (κ3) is 4.68. The molecule has 0 atom stereocenters. The summed E-state index contributed by atoms with van der Waals surface area (Å²) in [7, 11) is 0. The van der Waals surface area contributed by atoms with E-state index in [1.807, 2.05) is 12.1 Å². The first-order valence-corrected chi connectivity index (χ1v) is 12.4. The van der Waals surface area contributed by atoms with E-state index in [-0.39, 0.29) is 10.8 Å². The predicted molar refractivity (Wildman–Crippen MR) is 69.9 cm³/mol. The Hall–Kier alpha value is -0.437. The van der Waals surface area contributed by atoms with Crippen molar-refractivity contribution in [3.63, 3.8) is 0 Å². The Morgan fingerprint density at radius 3 is 2.56 bits per heavy atom. The van der Waals surface area contributed by atoms with Crippen LogP contribution in [0.1, 0.15) is 5.56 Å². The Labute approximate surface area is 127 Å². The molecule has 0 N–H and O–H groups in total. The monoisotopic (exact) mass is 378 g/mol. The van der Waals surface area contributed by atoms with Gasteiger partial charge in [0.2, 0.25) is 0 Å². The molecular weight excluding hydrogens is 372 g/mol. The van der Waals surface area contributed by atoms with Crippen molar-refractivity contribution in [2.24, 2.45) is 0 Å². The van der Waals surface area contributed by atoms with E-state index in [2.05, 4.69) is 19.7 Å². The molecule has 2 aromatic rings. The van der Waals surface area contributed by atoms with Crippen LogP contribution in [0.25, 0.3) is 0 Å². The standard InChI is InChI=1S/C13H9ClFO.BrH.Zn/c14-11-7-4-8-12(13(11)15)16-9-10-5-2-1-3-6-10;;/h2-8H,9H2;1H;/q-1;;+2/p-1. The maximum atomic E-state index is 13.4. The van der Waals surface area contributed by atoms with E-state index in [9.17, 15) is 4.39 Å². The molecule has 0 bridgehead atoms. The van der Waals surface area contributed by atoms with Gasteiger partial charge in [0.1, 0.15) is 0 Å². The first-order chi connectivity index (χ1) is 8.77. The molecule has 0 spiro atoms. The van der Waals surface area contributed by atoms with Gasteiger partial charge in [0.05, 0.1) is 11.6 Å². The normalized spacial score (nSPS) is 9.39. The molecule has 0 fully saturated rings. The zero-order valence-electron chi connectivity index (χ0n) is 9.50. The minimum atomic E-state index is -0.522. The molecule has 0 unspecified atom stereocenters. The minimum absolute atomic E-state index is 0.0684. The van der Waals surface area contributed by atoms with Crippen LogP contribution in [0.4, 0.5) is 4.39 Å².